The van der Waals surface area contributed by atoms with Crippen LogP contribution in [0.25, 0.3) is 0 Å². The summed E-state index contributed by atoms with van der Waals surface area (Å²) in [7, 11) is 0. The van der Waals surface area contributed by atoms with Crippen molar-refractivity contribution in [2.75, 3.05) is 5.32 Å². The molecule has 0 spiro atoms. The fourth-order valence-electron chi connectivity index (χ4n) is 2.32. The van der Waals surface area contributed by atoms with Gasteiger partial charge in [-0.15, -0.1) is 0 Å². The summed E-state index contributed by atoms with van der Waals surface area (Å²) in [6.45, 7) is 4.54. The number of carbonyl (C=O) groups excluding carboxylic acids is 1. The predicted octanol–water partition coefficient (Wildman–Crippen LogP) is 1.08. The number of amides is 1. The molecule has 114 valence electrons. The van der Waals surface area contributed by atoms with Crippen molar-refractivity contribution in [1.29, 1.82) is 0 Å². The Morgan fingerprint density at radius 1 is 1.52 bits per heavy atom. The van der Waals surface area contributed by atoms with E-state index in [0.29, 0.717) is 5.56 Å². The first-order chi connectivity index (χ1) is 9.63. The van der Waals surface area contributed by atoms with E-state index in [1.807, 2.05) is 0 Å². The molecule has 2 rings (SSSR count). The zero-order chi connectivity index (χ0) is 15.9. The second-order valence-electron chi connectivity index (χ2n) is 5.52. The van der Waals surface area contributed by atoms with E-state index in [0.717, 1.165) is 0 Å². The molecule has 0 bridgehead atoms. The van der Waals surface area contributed by atoms with Crippen LogP contribution in [0.2, 0.25) is 0 Å². The lowest BCUT2D eigenvalue weighted by molar-refractivity contribution is -0.384. The maximum atomic E-state index is 11.2. The molecule has 0 fully saturated rings. The number of ether oxygens (including phenoxy) is 1. The lowest BCUT2D eigenvalue weighted by Crippen LogP contribution is -2.51. The Labute approximate surface area is 121 Å². The van der Waals surface area contributed by atoms with Gasteiger partial charge in [-0.2, -0.15) is 0 Å². The fourth-order valence-corrected chi connectivity index (χ4v) is 2.32. The van der Waals surface area contributed by atoms with Gasteiger partial charge in [0.05, 0.1) is 17.0 Å². The largest absolute Gasteiger partial charge is 0.484 e. The summed E-state index contributed by atoms with van der Waals surface area (Å²) >= 11 is 0. The second-order valence-corrected chi connectivity index (χ2v) is 5.52. The van der Waals surface area contributed by atoms with E-state index >= 15 is 0 Å². The van der Waals surface area contributed by atoms with Gasteiger partial charge in [-0.05, 0) is 19.9 Å². The third-order valence-electron chi connectivity index (χ3n) is 3.42. The Morgan fingerprint density at radius 3 is 2.67 bits per heavy atom. The number of rotatable bonds is 2. The number of nitrogens with zero attached hydrogens (tertiary/aromatic N) is 1. The highest BCUT2D eigenvalue weighted by Crippen LogP contribution is 2.43. The third-order valence-corrected chi connectivity index (χ3v) is 3.42. The Hall–Kier alpha value is -2.19. The highest BCUT2D eigenvalue weighted by atomic mass is 16.6. The monoisotopic (exact) mass is 295 g/mol. The van der Waals surface area contributed by atoms with Crippen molar-refractivity contribution in [3.8, 4) is 5.75 Å². The van der Waals surface area contributed by atoms with Gasteiger partial charge in [0.15, 0.2) is 0 Å². The van der Waals surface area contributed by atoms with Gasteiger partial charge in [-0.3, -0.25) is 14.9 Å². The van der Waals surface area contributed by atoms with E-state index in [-0.39, 0.29) is 17.1 Å². The molecule has 4 N–H and O–H groups in total. The minimum absolute atomic E-state index is 0.0252. The first-order valence-corrected chi connectivity index (χ1v) is 6.36. The van der Waals surface area contributed by atoms with Gasteiger partial charge in [0.2, 0.25) is 5.91 Å². The van der Waals surface area contributed by atoms with E-state index in [4.69, 9.17) is 10.5 Å². The number of benzene rings is 1. The van der Waals surface area contributed by atoms with Gasteiger partial charge >= 0.3 is 0 Å². The SMILES string of the molecule is CC(=O)Nc1cc2c(cc1[N+](=O)[O-])OC(C)(C)C(O)C2N. The minimum atomic E-state index is -0.975. The van der Waals surface area contributed by atoms with Crippen LogP contribution in [0.3, 0.4) is 0 Å². The van der Waals surface area contributed by atoms with Gasteiger partial charge in [0.1, 0.15) is 23.1 Å². The average molecular weight is 295 g/mol. The molecule has 2 unspecified atom stereocenters. The van der Waals surface area contributed by atoms with Gasteiger partial charge < -0.3 is 20.9 Å². The normalized spacial score (nSPS) is 22.9. The molecule has 8 heteroatoms. The van der Waals surface area contributed by atoms with Crippen LogP contribution in [0.1, 0.15) is 32.4 Å². The van der Waals surface area contributed by atoms with Crippen LogP contribution in [0.4, 0.5) is 11.4 Å². The van der Waals surface area contributed by atoms with Crippen LogP contribution in [0, 0.1) is 10.1 Å². The maximum Gasteiger partial charge on any atom is 0.296 e. The number of nitrogens with two attached hydrogens (primary N) is 1. The first-order valence-electron chi connectivity index (χ1n) is 6.36. The number of carbonyl (C=O) groups is 1. The number of anilines is 1. The lowest BCUT2D eigenvalue weighted by atomic mass is 9.87. The highest BCUT2D eigenvalue weighted by Gasteiger charge is 2.42. The number of nitro groups is 1. The van der Waals surface area contributed by atoms with Crippen LogP contribution < -0.4 is 15.8 Å². The molecule has 8 nitrogen and oxygen atoms in total. The van der Waals surface area contributed by atoms with Crippen molar-refractivity contribution in [1.82, 2.24) is 0 Å². The summed E-state index contributed by atoms with van der Waals surface area (Å²) in [6.07, 6.45) is -0.975. The molecule has 1 heterocycles. The number of nitrogens with one attached hydrogen (secondary N) is 1. The van der Waals surface area contributed by atoms with Crippen LogP contribution in [0.15, 0.2) is 12.1 Å². The van der Waals surface area contributed by atoms with E-state index in [9.17, 15) is 20.0 Å². The van der Waals surface area contributed by atoms with Crippen LogP contribution >= 0.6 is 0 Å². The Kier molecular flexibility index (Phi) is 3.60. The molecule has 0 radical (unpaired) electrons. The zero-order valence-corrected chi connectivity index (χ0v) is 11.9. The summed E-state index contributed by atoms with van der Waals surface area (Å²) < 4.78 is 5.61. The summed E-state index contributed by atoms with van der Waals surface area (Å²) in [5.74, 6) is -0.206. The molecule has 1 aliphatic rings. The molecule has 2 atom stereocenters. The minimum Gasteiger partial charge on any atom is -0.484 e. The molecule has 0 saturated heterocycles. The average Bonchev–Trinajstić information content (AvgIpc) is 2.35. The van der Waals surface area contributed by atoms with Crippen molar-refractivity contribution < 1.29 is 19.6 Å². The molecule has 1 amide bonds. The van der Waals surface area contributed by atoms with Gasteiger partial charge in [-0.25, -0.2) is 0 Å². The third kappa shape index (κ3) is 2.67. The molecule has 1 aliphatic heterocycles. The molecule has 0 saturated carbocycles. The number of fused-ring (bicyclic) bond motifs is 1. The Bertz CT molecular complexity index is 614. The van der Waals surface area contributed by atoms with Crippen molar-refractivity contribution in [2.45, 2.75) is 38.5 Å². The lowest BCUT2D eigenvalue weighted by Gasteiger charge is -2.40. The van der Waals surface area contributed by atoms with Crippen LogP contribution in [-0.4, -0.2) is 27.6 Å². The van der Waals surface area contributed by atoms with E-state index in [1.165, 1.54) is 19.1 Å². The maximum absolute atomic E-state index is 11.2. The number of aliphatic hydroxyl groups excluding tert-OH is 1. The standard InChI is InChI=1S/C13H17N3O5/c1-6(17)15-8-4-7-10(5-9(8)16(19)20)21-13(2,3)12(18)11(7)14/h4-5,11-12,18H,14H2,1-3H3,(H,15,17). The van der Waals surface area contributed by atoms with Crippen molar-refractivity contribution in [3.05, 3.63) is 27.8 Å². The molecular formula is C13H17N3O5. The van der Waals surface area contributed by atoms with Crippen LogP contribution in [-0.2, 0) is 4.79 Å². The summed E-state index contributed by atoms with van der Waals surface area (Å²) in [5, 5.41) is 23.6. The Morgan fingerprint density at radius 2 is 2.14 bits per heavy atom. The zero-order valence-electron chi connectivity index (χ0n) is 11.9. The van der Waals surface area contributed by atoms with Gasteiger partial charge in [0.25, 0.3) is 5.69 Å². The fraction of sp³-hybridized carbons (Fsp3) is 0.462. The van der Waals surface area contributed by atoms with Crippen molar-refractivity contribution in [2.24, 2.45) is 5.73 Å². The van der Waals surface area contributed by atoms with E-state index in [1.54, 1.807) is 13.8 Å². The summed E-state index contributed by atoms with van der Waals surface area (Å²) in [6, 6.07) is 1.82. The predicted molar refractivity (Wildman–Crippen MR) is 75.0 cm³/mol. The Balaban J connectivity index is 2.59. The second kappa shape index (κ2) is 4.97. The number of hydrogen-bond acceptors (Lipinski definition) is 6. The van der Waals surface area contributed by atoms with E-state index < -0.39 is 28.6 Å². The molecule has 0 aliphatic carbocycles. The highest BCUT2D eigenvalue weighted by molar-refractivity contribution is 5.91. The first kappa shape index (κ1) is 15.2. The van der Waals surface area contributed by atoms with E-state index in [2.05, 4.69) is 5.32 Å². The summed E-state index contributed by atoms with van der Waals surface area (Å²) in [4.78, 5) is 21.7. The number of hydrogen-bond donors (Lipinski definition) is 3. The van der Waals surface area contributed by atoms with Crippen LogP contribution in [0.5, 0.6) is 5.75 Å². The smallest absolute Gasteiger partial charge is 0.296 e. The van der Waals surface area contributed by atoms with Gasteiger partial charge in [-0.1, -0.05) is 0 Å². The molecule has 21 heavy (non-hydrogen) atoms. The molecule has 1 aromatic rings. The number of aliphatic hydroxyl groups is 1. The topological polar surface area (TPSA) is 128 Å². The summed E-state index contributed by atoms with van der Waals surface area (Å²) in [5.41, 5.74) is 5.17. The molecule has 1 aromatic carbocycles. The number of nitro benzene ring substituents is 1. The van der Waals surface area contributed by atoms with Crippen molar-refractivity contribution >= 4 is 17.3 Å². The quantitative estimate of drug-likeness (QED) is 0.553. The molecule has 0 aromatic heterocycles. The molecular weight excluding hydrogens is 278 g/mol. The van der Waals surface area contributed by atoms with Crippen molar-refractivity contribution in [3.63, 3.8) is 0 Å². The van der Waals surface area contributed by atoms with Gasteiger partial charge in [0, 0.05) is 12.5 Å².